The Balaban J connectivity index is 1.88. The van der Waals surface area contributed by atoms with Crippen molar-refractivity contribution in [1.29, 1.82) is 0 Å². The van der Waals surface area contributed by atoms with Gasteiger partial charge in [-0.05, 0) is 32.2 Å². The van der Waals surface area contributed by atoms with Gasteiger partial charge in [-0.25, -0.2) is 4.98 Å². The molecule has 1 fully saturated rings. The molecule has 0 aromatic carbocycles. The fourth-order valence-corrected chi connectivity index (χ4v) is 3.48. The van der Waals surface area contributed by atoms with E-state index in [0.717, 1.165) is 11.4 Å². The number of carbonyl (C=O) groups is 1. The first-order valence-corrected chi connectivity index (χ1v) is 8.04. The van der Waals surface area contributed by atoms with Gasteiger partial charge in [0.1, 0.15) is 5.69 Å². The van der Waals surface area contributed by atoms with Gasteiger partial charge in [-0.15, -0.1) is 11.3 Å². The van der Waals surface area contributed by atoms with E-state index >= 15 is 0 Å². The fraction of sp³-hybridized carbons (Fsp3) is 0.714. The van der Waals surface area contributed by atoms with Gasteiger partial charge in [-0.3, -0.25) is 4.79 Å². The first kappa shape index (κ1) is 14.5. The van der Waals surface area contributed by atoms with Gasteiger partial charge in [0, 0.05) is 17.8 Å². The molecule has 1 atom stereocenters. The van der Waals surface area contributed by atoms with Crippen molar-refractivity contribution in [2.24, 2.45) is 11.7 Å². The SMILES string of the molecule is C[C@@H](NC(=O)c1csc(CCN)n1)C1CCCCC1. The molecule has 1 amide bonds. The van der Waals surface area contributed by atoms with Crippen molar-refractivity contribution in [3.05, 3.63) is 16.1 Å². The maximum absolute atomic E-state index is 12.1. The molecule has 0 unspecified atom stereocenters. The van der Waals surface area contributed by atoms with Crippen LogP contribution in [0.2, 0.25) is 0 Å². The van der Waals surface area contributed by atoms with Crippen LogP contribution in [0.1, 0.15) is 54.5 Å². The Labute approximate surface area is 118 Å². The van der Waals surface area contributed by atoms with Crippen molar-refractivity contribution in [3.63, 3.8) is 0 Å². The standard InChI is InChI=1S/C14H23N3OS/c1-10(11-5-3-2-4-6-11)16-14(18)12-9-19-13(17-12)7-8-15/h9-11H,2-8,15H2,1H3,(H,16,18)/t10-/m1/s1. The van der Waals surface area contributed by atoms with Gasteiger partial charge in [-0.2, -0.15) is 0 Å². The van der Waals surface area contributed by atoms with Crippen LogP contribution in [0.3, 0.4) is 0 Å². The fourth-order valence-electron chi connectivity index (χ4n) is 2.69. The highest BCUT2D eigenvalue weighted by Crippen LogP contribution is 2.26. The third-order valence-electron chi connectivity index (χ3n) is 3.86. The van der Waals surface area contributed by atoms with Crippen molar-refractivity contribution < 1.29 is 4.79 Å². The minimum atomic E-state index is -0.0439. The quantitative estimate of drug-likeness (QED) is 0.870. The second-order valence-corrected chi connectivity index (χ2v) is 6.27. The molecule has 1 aromatic heterocycles. The van der Waals surface area contributed by atoms with E-state index in [9.17, 15) is 4.79 Å². The number of hydrogen-bond acceptors (Lipinski definition) is 4. The molecule has 1 saturated carbocycles. The summed E-state index contributed by atoms with van der Waals surface area (Å²) in [4.78, 5) is 16.4. The summed E-state index contributed by atoms with van der Waals surface area (Å²) >= 11 is 1.51. The summed E-state index contributed by atoms with van der Waals surface area (Å²) in [5.74, 6) is 0.581. The maximum atomic E-state index is 12.1. The third-order valence-corrected chi connectivity index (χ3v) is 4.77. The summed E-state index contributed by atoms with van der Waals surface area (Å²) < 4.78 is 0. The van der Waals surface area contributed by atoms with Crippen molar-refractivity contribution in [1.82, 2.24) is 10.3 Å². The lowest BCUT2D eigenvalue weighted by molar-refractivity contribution is 0.0914. The van der Waals surface area contributed by atoms with E-state index in [1.165, 1.54) is 43.4 Å². The lowest BCUT2D eigenvalue weighted by Gasteiger charge is -2.28. The van der Waals surface area contributed by atoms with Crippen molar-refractivity contribution in [2.75, 3.05) is 6.54 Å². The minimum Gasteiger partial charge on any atom is -0.348 e. The van der Waals surface area contributed by atoms with Gasteiger partial charge in [0.05, 0.1) is 5.01 Å². The molecule has 0 spiro atoms. The summed E-state index contributed by atoms with van der Waals surface area (Å²) in [6.45, 7) is 2.69. The third kappa shape index (κ3) is 4.01. The number of thiazole rings is 1. The number of carbonyl (C=O) groups excluding carboxylic acids is 1. The first-order chi connectivity index (χ1) is 9.20. The summed E-state index contributed by atoms with van der Waals surface area (Å²) in [6, 6.07) is 0.243. The number of hydrogen-bond donors (Lipinski definition) is 2. The van der Waals surface area contributed by atoms with Crippen LogP contribution in [0.25, 0.3) is 0 Å². The average Bonchev–Trinajstić information content (AvgIpc) is 2.89. The smallest absolute Gasteiger partial charge is 0.270 e. The van der Waals surface area contributed by atoms with Gasteiger partial charge in [0.15, 0.2) is 0 Å². The molecule has 1 heterocycles. The Morgan fingerprint density at radius 1 is 1.53 bits per heavy atom. The highest BCUT2D eigenvalue weighted by atomic mass is 32.1. The summed E-state index contributed by atoms with van der Waals surface area (Å²) in [5.41, 5.74) is 6.03. The Morgan fingerprint density at radius 3 is 2.95 bits per heavy atom. The van der Waals surface area contributed by atoms with Gasteiger partial charge < -0.3 is 11.1 Å². The number of aromatic nitrogens is 1. The Morgan fingerprint density at radius 2 is 2.26 bits per heavy atom. The molecule has 3 N–H and O–H groups in total. The maximum Gasteiger partial charge on any atom is 0.270 e. The van der Waals surface area contributed by atoms with Crippen molar-refractivity contribution in [2.45, 2.75) is 51.5 Å². The number of nitrogens with two attached hydrogens (primary N) is 1. The molecule has 5 heteroatoms. The van der Waals surface area contributed by atoms with Gasteiger partial charge in [0.25, 0.3) is 5.91 Å². The predicted molar refractivity (Wildman–Crippen MR) is 78.4 cm³/mol. The second kappa shape index (κ2) is 7.01. The topological polar surface area (TPSA) is 68.0 Å². The van der Waals surface area contributed by atoms with E-state index in [4.69, 9.17) is 5.73 Å². The summed E-state index contributed by atoms with van der Waals surface area (Å²) in [7, 11) is 0. The molecule has 0 radical (unpaired) electrons. The van der Waals surface area contributed by atoms with E-state index in [1.54, 1.807) is 0 Å². The van der Waals surface area contributed by atoms with Crippen LogP contribution >= 0.6 is 11.3 Å². The van der Waals surface area contributed by atoms with Gasteiger partial charge in [-0.1, -0.05) is 19.3 Å². The Kier molecular flexibility index (Phi) is 5.34. The molecule has 106 valence electrons. The van der Waals surface area contributed by atoms with E-state index < -0.39 is 0 Å². The lowest BCUT2D eigenvalue weighted by Crippen LogP contribution is -2.39. The van der Waals surface area contributed by atoms with Crippen molar-refractivity contribution >= 4 is 17.2 Å². The monoisotopic (exact) mass is 281 g/mol. The molecule has 1 aliphatic carbocycles. The van der Waals surface area contributed by atoms with Crippen LogP contribution in [-0.4, -0.2) is 23.5 Å². The van der Waals surface area contributed by atoms with E-state index in [1.807, 2.05) is 5.38 Å². The summed E-state index contributed by atoms with van der Waals surface area (Å²) in [6.07, 6.45) is 7.14. The molecule has 4 nitrogen and oxygen atoms in total. The molecule has 2 rings (SSSR count). The number of amides is 1. The van der Waals surface area contributed by atoms with Crippen LogP contribution in [0, 0.1) is 5.92 Å². The van der Waals surface area contributed by atoms with Crippen LogP contribution in [0.15, 0.2) is 5.38 Å². The van der Waals surface area contributed by atoms with E-state index in [-0.39, 0.29) is 11.9 Å². The number of nitrogens with zero attached hydrogens (tertiary/aromatic N) is 1. The Bertz CT molecular complexity index is 413. The van der Waals surface area contributed by atoms with Crippen LogP contribution in [0.4, 0.5) is 0 Å². The van der Waals surface area contributed by atoms with Gasteiger partial charge >= 0.3 is 0 Å². The highest BCUT2D eigenvalue weighted by molar-refractivity contribution is 7.09. The predicted octanol–water partition coefficient (Wildman–Crippen LogP) is 2.34. The summed E-state index contributed by atoms with van der Waals surface area (Å²) in [5, 5.41) is 5.87. The molecule has 1 aromatic rings. The van der Waals surface area contributed by atoms with Crippen LogP contribution in [-0.2, 0) is 6.42 Å². The molecular formula is C14H23N3OS. The zero-order valence-electron chi connectivity index (χ0n) is 11.5. The molecular weight excluding hydrogens is 258 g/mol. The number of rotatable bonds is 5. The Hall–Kier alpha value is -0.940. The highest BCUT2D eigenvalue weighted by Gasteiger charge is 2.22. The largest absolute Gasteiger partial charge is 0.348 e. The van der Waals surface area contributed by atoms with Crippen LogP contribution in [0.5, 0.6) is 0 Å². The van der Waals surface area contributed by atoms with E-state index in [2.05, 4.69) is 17.2 Å². The van der Waals surface area contributed by atoms with Crippen molar-refractivity contribution in [3.8, 4) is 0 Å². The normalized spacial score (nSPS) is 18.2. The first-order valence-electron chi connectivity index (χ1n) is 7.16. The van der Waals surface area contributed by atoms with Crippen LogP contribution < -0.4 is 11.1 Å². The molecule has 19 heavy (non-hydrogen) atoms. The zero-order valence-corrected chi connectivity index (χ0v) is 12.3. The van der Waals surface area contributed by atoms with E-state index in [0.29, 0.717) is 18.2 Å². The molecule has 1 aliphatic rings. The molecule has 0 aliphatic heterocycles. The van der Waals surface area contributed by atoms with Gasteiger partial charge in [0.2, 0.25) is 0 Å². The molecule has 0 saturated heterocycles. The minimum absolute atomic E-state index is 0.0439. The zero-order chi connectivity index (χ0) is 13.7. The molecule has 0 bridgehead atoms. The average molecular weight is 281 g/mol. The second-order valence-electron chi connectivity index (χ2n) is 5.33. The number of nitrogens with one attached hydrogen (secondary N) is 1. The lowest BCUT2D eigenvalue weighted by atomic mass is 9.84.